The number of hydrogen-bond acceptors (Lipinski definition) is 5. The van der Waals surface area contributed by atoms with Gasteiger partial charge in [-0.05, 0) is 68.2 Å². The lowest BCUT2D eigenvalue weighted by Gasteiger charge is -2.35. The lowest BCUT2D eigenvalue weighted by molar-refractivity contribution is -0.157. The molecule has 7 nitrogen and oxygen atoms in total. The number of sulfonamides is 1. The highest BCUT2D eigenvalue weighted by molar-refractivity contribution is 7.89. The van der Waals surface area contributed by atoms with Crippen molar-refractivity contribution in [3.63, 3.8) is 0 Å². The molecule has 2 heterocycles. The maximum absolute atomic E-state index is 12.9. The molecule has 1 aromatic rings. The zero-order valence-corrected chi connectivity index (χ0v) is 19.8. The number of rotatable bonds is 5. The summed E-state index contributed by atoms with van der Waals surface area (Å²) in [7, 11) is -3.58. The van der Waals surface area contributed by atoms with Crippen molar-refractivity contribution in [2.24, 2.45) is 17.8 Å². The Labute approximate surface area is 185 Å². The Balaban J connectivity index is 1.50. The van der Waals surface area contributed by atoms with E-state index >= 15 is 0 Å². The number of carbonyl (C=O) groups excluding carboxylic acids is 2. The zero-order valence-electron chi connectivity index (χ0n) is 19.0. The topological polar surface area (TPSA) is 84.0 Å². The summed E-state index contributed by atoms with van der Waals surface area (Å²) < 4.78 is 32.6. The second-order valence-corrected chi connectivity index (χ2v) is 11.2. The van der Waals surface area contributed by atoms with E-state index in [4.69, 9.17) is 4.74 Å². The van der Waals surface area contributed by atoms with Crippen LogP contribution in [0.5, 0.6) is 0 Å². The summed E-state index contributed by atoms with van der Waals surface area (Å²) in [5.74, 6) is -0.0339. The van der Waals surface area contributed by atoms with Gasteiger partial charge in [0, 0.05) is 26.2 Å². The van der Waals surface area contributed by atoms with Crippen LogP contribution in [0.1, 0.15) is 44.2 Å². The van der Waals surface area contributed by atoms with Crippen molar-refractivity contribution in [1.82, 2.24) is 9.21 Å². The van der Waals surface area contributed by atoms with Gasteiger partial charge in [-0.3, -0.25) is 9.59 Å². The van der Waals surface area contributed by atoms with Crippen molar-refractivity contribution in [3.05, 3.63) is 29.3 Å². The minimum Gasteiger partial charge on any atom is -0.455 e. The van der Waals surface area contributed by atoms with E-state index in [0.717, 1.165) is 17.5 Å². The molecule has 3 rings (SSSR count). The van der Waals surface area contributed by atoms with E-state index in [2.05, 4.69) is 13.8 Å². The first kappa shape index (κ1) is 23.7. The Morgan fingerprint density at radius 2 is 1.65 bits per heavy atom. The number of likely N-dealkylation sites (tertiary alicyclic amines) is 1. The van der Waals surface area contributed by atoms with Gasteiger partial charge in [0.25, 0.3) is 5.91 Å². The number of hydrogen-bond donors (Lipinski definition) is 0. The lowest BCUT2D eigenvalue weighted by Crippen LogP contribution is -2.45. The third-order valence-corrected chi connectivity index (χ3v) is 8.36. The standard InChI is InChI=1S/C23H34N2O5S/c1-16-11-17(2)14-24(13-16)22(26)15-30-23(27)20-7-9-25(10-8-20)31(28,29)21-6-5-18(3)19(4)12-21/h5-6,12,16-17,20H,7-11,13-15H2,1-4H3/t16-,17-/m1/s1. The number of carbonyl (C=O) groups is 2. The van der Waals surface area contributed by atoms with E-state index in [9.17, 15) is 18.0 Å². The van der Waals surface area contributed by atoms with Crippen LogP contribution in [0.2, 0.25) is 0 Å². The van der Waals surface area contributed by atoms with Crippen molar-refractivity contribution < 1.29 is 22.7 Å². The van der Waals surface area contributed by atoms with Gasteiger partial charge in [-0.1, -0.05) is 19.9 Å². The first-order valence-electron chi connectivity index (χ1n) is 11.1. The number of ether oxygens (including phenoxy) is 1. The molecule has 2 saturated heterocycles. The molecule has 0 aromatic heterocycles. The fourth-order valence-electron chi connectivity index (χ4n) is 4.56. The summed E-state index contributed by atoms with van der Waals surface area (Å²) in [5.41, 5.74) is 1.98. The molecule has 2 atom stereocenters. The number of aryl methyl sites for hydroxylation is 2. The van der Waals surface area contributed by atoms with Crippen LogP contribution in [0.3, 0.4) is 0 Å². The fraction of sp³-hybridized carbons (Fsp3) is 0.652. The van der Waals surface area contributed by atoms with Crippen molar-refractivity contribution in [2.75, 3.05) is 32.8 Å². The Hall–Kier alpha value is -1.93. The molecule has 0 saturated carbocycles. The maximum Gasteiger partial charge on any atom is 0.309 e. The minimum atomic E-state index is -3.58. The van der Waals surface area contributed by atoms with Gasteiger partial charge in [-0.2, -0.15) is 4.31 Å². The highest BCUT2D eigenvalue weighted by Crippen LogP contribution is 2.26. The molecule has 1 aromatic carbocycles. The second kappa shape index (κ2) is 9.69. The summed E-state index contributed by atoms with van der Waals surface area (Å²) in [6, 6.07) is 5.14. The average molecular weight is 451 g/mol. The summed E-state index contributed by atoms with van der Waals surface area (Å²) in [4.78, 5) is 27.0. The summed E-state index contributed by atoms with van der Waals surface area (Å²) >= 11 is 0. The highest BCUT2D eigenvalue weighted by atomic mass is 32.2. The average Bonchev–Trinajstić information content (AvgIpc) is 2.73. The van der Waals surface area contributed by atoms with Crippen LogP contribution in [0.25, 0.3) is 0 Å². The fourth-order valence-corrected chi connectivity index (χ4v) is 6.12. The van der Waals surface area contributed by atoms with Gasteiger partial charge in [0.2, 0.25) is 10.0 Å². The zero-order chi connectivity index (χ0) is 22.8. The molecular weight excluding hydrogens is 416 g/mol. The normalized spacial score (nSPS) is 23.5. The largest absolute Gasteiger partial charge is 0.455 e. The van der Waals surface area contributed by atoms with E-state index in [1.54, 1.807) is 17.0 Å². The number of piperidine rings is 2. The molecule has 2 fully saturated rings. The minimum absolute atomic E-state index is 0.151. The highest BCUT2D eigenvalue weighted by Gasteiger charge is 2.33. The summed E-state index contributed by atoms with van der Waals surface area (Å²) in [5, 5.41) is 0. The number of amides is 1. The van der Waals surface area contributed by atoms with Crippen molar-refractivity contribution in [2.45, 2.75) is 51.9 Å². The molecule has 0 spiro atoms. The molecule has 8 heteroatoms. The van der Waals surface area contributed by atoms with Gasteiger partial charge in [0.05, 0.1) is 10.8 Å². The molecule has 0 N–H and O–H groups in total. The van der Waals surface area contributed by atoms with E-state index in [-0.39, 0.29) is 36.4 Å². The Kier molecular flexibility index (Phi) is 7.42. The van der Waals surface area contributed by atoms with Crippen LogP contribution in [0.4, 0.5) is 0 Å². The first-order chi connectivity index (χ1) is 14.6. The van der Waals surface area contributed by atoms with Crippen LogP contribution in [0, 0.1) is 31.6 Å². The quantitative estimate of drug-likeness (QED) is 0.644. The molecule has 0 bridgehead atoms. The van der Waals surface area contributed by atoms with E-state index < -0.39 is 16.0 Å². The van der Waals surface area contributed by atoms with E-state index in [0.29, 0.717) is 37.8 Å². The predicted octanol–water partition coefficient (Wildman–Crippen LogP) is 2.75. The van der Waals surface area contributed by atoms with Crippen molar-refractivity contribution >= 4 is 21.9 Å². The Morgan fingerprint density at radius 3 is 2.23 bits per heavy atom. The van der Waals surface area contributed by atoms with E-state index in [1.165, 1.54) is 4.31 Å². The molecule has 0 unspecified atom stereocenters. The maximum atomic E-state index is 12.9. The van der Waals surface area contributed by atoms with Gasteiger partial charge in [0.15, 0.2) is 6.61 Å². The van der Waals surface area contributed by atoms with Crippen molar-refractivity contribution in [1.29, 1.82) is 0 Å². The third kappa shape index (κ3) is 5.66. The van der Waals surface area contributed by atoms with E-state index in [1.807, 2.05) is 19.9 Å². The first-order valence-corrected chi connectivity index (χ1v) is 12.5. The van der Waals surface area contributed by atoms with Crippen LogP contribution in [0.15, 0.2) is 23.1 Å². The Bertz CT molecular complexity index is 912. The molecule has 2 aliphatic rings. The smallest absolute Gasteiger partial charge is 0.309 e. The molecule has 172 valence electrons. The molecule has 0 radical (unpaired) electrons. The molecule has 31 heavy (non-hydrogen) atoms. The van der Waals surface area contributed by atoms with Gasteiger partial charge >= 0.3 is 5.97 Å². The third-order valence-electron chi connectivity index (χ3n) is 6.46. The SMILES string of the molecule is Cc1ccc(S(=O)(=O)N2CCC(C(=O)OCC(=O)N3C[C@H](C)C[C@@H](C)C3)CC2)cc1C. The van der Waals surface area contributed by atoms with Gasteiger partial charge in [0.1, 0.15) is 0 Å². The van der Waals surface area contributed by atoms with Crippen molar-refractivity contribution in [3.8, 4) is 0 Å². The van der Waals surface area contributed by atoms with Crippen LogP contribution < -0.4 is 0 Å². The molecular formula is C23H34N2O5S. The molecule has 2 aliphatic heterocycles. The number of benzene rings is 1. The molecule has 1 amide bonds. The predicted molar refractivity (Wildman–Crippen MR) is 118 cm³/mol. The summed E-state index contributed by atoms with van der Waals surface area (Å²) in [6.07, 6.45) is 1.90. The van der Waals surface area contributed by atoms with Gasteiger partial charge in [-0.15, -0.1) is 0 Å². The van der Waals surface area contributed by atoms with Crippen LogP contribution in [-0.4, -0.2) is 62.3 Å². The Morgan fingerprint density at radius 1 is 1.03 bits per heavy atom. The second-order valence-electron chi connectivity index (χ2n) is 9.28. The lowest BCUT2D eigenvalue weighted by atomic mass is 9.92. The van der Waals surface area contributed by atoms with Gasteiger partial charge in [-0.25, -0.2) is 8.42 Å². The monoisotopic (exact) mass is 450 g/mol. The van der Waals surface area contributed by atoms with Gasteiger partial charge < -0.3 is 9.64 Å². The van der Waals surface area contributed by atoms with Crippen LogP contribution in [-0.2, 0) is 24.3 Å². The molecule has 0 aliphatic carbocycles. The number of nitrogens with zero attached hydrogens (tertiary/aromatic N) is 2. The van der Waals surface area contributed by atoms with Crippen LogP contribution >= 0.6 is 0 Å². The summed E-state index contributed by atoms with van der Waals surface area (Å²) in [6.45, 7) is 9.80. The number of esters is 1.